The van der Waals surface area contributed by atoms with Crippen LogP contribution in [0.2, 0.25) is 0 Å². The molecule has 196 valence electrons. The highest BCUT2D eigenvalue weighted by molar-refractivity contribution is 5.95. The summed E-state index contributed by atoms with van der Waals surface area (Å²) in [5.41, 5.74) is 0.671. The minimum Gasteiger partial charge on any atom is -0.452 e. The molecule has 0 spiro atoms. The van der Waals surface area contributed by atoms with E-state index in [0.717, 1.165) is 0 Å². The van der Waals surface area contributed by atoms with Gasteiger partial charge in [0.1, 0.15) is 6.04 Å². The number of hydrogen-bond acceptors (Lipinski definition) is 8. The third-order valence-corrected chi connectivity index (χ3v) is 5.43. The van der Waals surface area contributed by atoms with Gasteiger partial charge in [0.25, 0.3) is 5.91 Å². The van der Waals surface area contributed by atoms with Gasteiger partial charge in [-0.25, -0.2) is 9.59 Å². The molecule has 10 heteroatoms. The molecular weight excluding hydrogens is 454 g/mol. The molecule has 0 aliphatic carbocycles. The first-order chi connectivity index (χ1) is 16.5. The van der Waals surface area contributed by atoms with E-state index in [1.807, 2.05) is 6.92 Å². The molecular formula is C25H39N3O7. The van der Waals surface area contributed by atoms with Crippen molar-refractivity contribution in [2.75, 3.05) is 20.1 Å². The number of allylic oxidation sites excluding steroid dienone is 1. The van der Waals surface area contributed by atoms with Gasteiger partial charge in [-0.1, -0.05) is 33.9 Å². The van der Waals surface area contributed by atoms with E-state index in [-0.39, 0.29) is 12.3 Å². The Balaban J connectivity index is 2.70. The SMILES string of the molecule is C=CN=C(C=C)CCN(C)C(=O)OC(C)OC(=O)[C@@H]1CCCN1C(=O)[C@H](OC(=O)CCC)C(C)C. The lowest BCUT2D eigenvalue weighted by Gasteiger charge is -2.30. The number of hydrogen-bond donors (Lipinski definition) is 0. The van der Waals surface area contributed by atoms with Gasteiger partial charge in [-0.15, -0.1) is 0 Å². The Morgan fingerprint density at radius 3 is 2.37 bits per heavy atom. The van der Waals surface area contributed by atoms with Crippen LogP contribution in [-0.4, -0.2) is 78.0 Å². The Morgan fingerprint density at radius 2 is 1.80 bits per heavy atom. The van der Waals surface area contributed by atoms with Crippen LogP contribution in [0.1, 0.15) is 59.8 Å². The summed E-state index contributed by atoms with van der Waals surface area (Å²) >= 11 is 0. The summed E-state index contributed by atoms with van der Waals surface area (Å²) in [4.78, 5) is 57.0. The van der Waals surface area contributed by atoms with E-state index in [1.54, 1.807) is 27.0 Å². The number of esters is 2. The first-order valence-corrected chi connectivity index (χ1v) is 12.0. The Morgan fingerprint density at radius 1 is 1.11 bits per heavy atom. The number of carbonyl (C=O) groups is 4. The molecule has 1 fully saturated rings. The van der Waals surface area contributed by atoms with E-state index in [9.17, 15) is 19.2 Å². The Hall–Kier alpha value is -3.17. The van der Waals surface area contributed by atoms with Crippen molar-refractivity contribution in [1.82, 2.24) is 9.80 Å². The van der Waals surface area contributed by atoms with E-state index < -0.39 is 42.4 Å². The monoisotopic (exact) mass is 493 g/mol. The number of carbonyl (C=O) groups excluding carboxylic acids is 4. The quantitative estimate of drug-likeness (QED) is 0.219. The fourth-order valence-corrected chi connectivity index (χ4v) is 3.52. The van der Waals surface area contributed by atoms with E-state index >= 15 is 0 Å². The molecule has 0 bridgehead atoms. The third kappa shape index (κ3) is 9.54. The van der Waals surface area contributed by atoms with Crippen LogP contribution in [0.4, 0.5) is 4.79 Å². The van der Waals surface area contributed by atoms with Crippen molar-refractivity contribution in [2.45, 2.75) is 78.2 Å². The maximum Gasteiger partial charge on any atom is 0.412 e. The van der Waals surface area contributed by atoms with Gasteiger partial charge in [0.2, 0.25) is 6.29 Å². The highest BCUT2D eigenvalue weighted by Gasteiger charge is 2.41. The second-order valence-corrected chi connectivity index (χ2v) is 8.66. The summed E-state index contributed by atoms with van der Waals surface area (Å²) in [6.45, 7) is 14.7. The fourth-order valence-electron chi connectivity index (χ4n) is 3.52. The van der Waals surface area contributed by atoms with Crippen LogP contribution < -0.4 is 0 Å². The van der Waals surface area contributed by atoms with Crippen molar-refractivity contribution >= 4 is 29.7 Å². The van der Waals surface area contributed by atoms with Gasteiger partial charge in [-0.3, -0.25) is 14.6 Å². The van der Waals surface area contributed by atoms with E-state index in [4.69, 9.17) is 14.2 Å². The second-order valence-electron chi connectivity index (χ2n) is 8.66. The molecule has 0 aromatic rings. The summed E-state index contributed by atoms with van der Waals surface area (Å²) in [5, 5.41) is 0. The maximum absolute atomic E-state index is 13.1. The number of ether oxygens (including phenoxy) is 3. The molecule has 10 nitrogen and oxygen atoms in total. The number of nitrogens with zero attached hydrogens (tertiary/aromatic N) is 3. The molecule has 1 aliphatic heterocycles. The van der Waals surface area contributed by atoms with Crippen molar-refractivity contribution < 1.29 is 33.4 Å². The van der Waals surface area contributed by atoms with Crippen molar-refractivity contribution in [3.63, 3.8) is 0 Å². The predicted octanol–water partition coefficient (Wildman–Crippen LogP) is 3.46. The van der Waals surface area contributed by atoms with Crippen LogP contribution in [0.25, 0.3) is 0 Å². The molecule has 0 aromatic carbocycles. The van der Waals surface area contributed by atoms with Crippen molar-refractivity contribution in [3.8, 4) is 0 Å². The molecule has 2 amide bonds. The van der Waals surface area contributed by atoms with Gasteiger partial charge in [0.15, 0.2) is 6.10 Å². The van der Waals surface area contributed by atoms with Gasteiger partial charge >= 0.3 is 18.0 Å². The summed E-state index contributed by atoms with van der Waals surface area (Å²) in [7, 11) is 1.55. The van der Waals surface area contributed by atoms with E-state index in [0.29, 0.717) is 44.5 Å². The Kier molecular flexibility index (Phi) is 12.8. The lowest BCUT2D eigenvalue weighted by Crippen LogP contribution is -2.49. The zero-order chi connectivity index (χ0) is 26.5. The minimum absolute atomic E-state index is 0.218. The zero-order valence-corrected chi connectivity index (χ0v) is 21.5. The van der Waals surface area contributed by atoms with Crippen LogP contribution in [0.3, 0.4) is 0 Å². The molecule has 3 atom stereocenters. The highest BCUT2D eigenvalue weighted by Crippen LogP contribution is 2.23. The Bertz CT molecular complexity index is 809. The molecule has 1 unspecified atom stereocenters. The van der Waals surface area contributed by atoms with Crippen LogP contribution in [0.5, 0.6) is 0 Å². The molecule has 0 N–H and O–H groups in total. The summed E-state index contributed by atoms with van der Waals surface area (Å²) in [6.07, 6.45) is 2.47. The Labute approximate surface area is 208 Å². The molecule has 1 saturated heterocycles. The normalized spacial score (nSPS) is 17.4. The average molecular weight is 494 g/mol. The van der Waals surface area contributed by atoms with Crippen LogP contribution in [0, 0.1) is 5.92 Å². The first kappa shape index (κ1) is 29.9. The summed E-state index contributed by atoms with van der Waals surface area (Å²) in [6, 6.07) is -0.835. The third-order valence-electron chi connectivity index (χ3n) is 5.43. The number of likely N-dealkylation sites (tertiary alicyclic amines) is 1. The standard InChI is InChI=1S/C25H39N3O7/c1-8-12-21(29)35-22(17(4)5)23(30)28-15-11-13-20(28)24(31)33-18(6)34-25(32)27(7)16-14-19(9-2)26-10-3/h9-10,17-18,20,22H,2-3,8,11-16H2,1,4-7H3/t18?,20-,22+/m0/s1. The van der Waals surface area contributed by atoms with E-state index in [2.05, 4.69) is 18.2 Å². The van der Waals surface area contributed by atoms with Gasteiger partial charge in [-0.05, 0) is 31.3 Å². The smallest absolute Gasteiger partial charge is 0.412 e. The molecule has 0 aromatic heterocycles. The van der Waals surface area contributed by atoms with Crippen LogP contribution >= 0.6 is 0 Å². The highest BCUT2D eigenvalue weighted by atomic mass is 16.7. The van der Waals surface area contributed by atoms with Gasteiger partial charge < -0.3 is 24.0 Å². The lowest BCUT2D eigenvalue weighted by atomic mass is 10.1. The average Bonchev–Trinajstić information content (AvgIpc) is 3.29. The minimum atomic E-state index is -1.15. The van der Waals surface area contributed by atoms with Crippen LogP contribution in [0.15, 0.2) is 30.4 Å². The number of rotatable bonds is 13. The van der Waals surface area contributed by atoms with Gasteiger partial charge in [-0.2, -0.15) is 0 Å². The fraction of sp³-hybridized carbons (Fsp3) is 0.640. The topological polar surface area (TPSA) is 115 Å². The molecule has 0 radical (unpaired) electrons. The molecule has 1 heterocycles. The number of aliphatic imine (C=N–C) groups is 1. The van der Waals surface area contributed by atoms with E-state index in [1.165, 1.54) is 22.9 Å². The predicted molar refractivity (Wildman–Crippen MR) is 131 cm³/mol. The molecule has 1 aliphatic rings. The molecule has 1 rings (SSSR count). The largest absolute Gasteiger partial charge is 0.452 e. The van der Waals surface area contributed by atoms with Crippen molar-refractivity contribution in [2.24, 2.45) is 10.9 Å². The van der Waals surface area contributed by atoms with Crippen LogP contribution in [-0.2, 0) is 28.6 Å². The van der Waals surface area contributed by atoms with Gasteiger partial charge in [0.05, 0.1) is 0 Å². The lowest BCUT2D eigenvalue weighted by molar-refractivity contribution is -0.176. The first-order valence-electron chi connectivity index (χ1n) is 12.0. The summed E-state index contributed by atoms with van der Waals surface area (Å²) < 4.78 is 15.9. The molecule has 35 heavy (non-hydrogen) atoms. The second kappa shape index (κ2) is 15.0. The maximum atomic E-state index is 13.1. The number of amides is 2. The van der Waals surface area contributed by atoms with Crippen molar-refractivity contribution in [1.29, 1.82) is 0 Å². The van der Waals surface area contributed by atoms with Gasteiger partial charge in [0, 0.05) is 51.8 Å². The molecule has 0 saturated carbocycles. The zero-order valence-electron chi connectivity index (χ0n) is 21.5. The van der Waals surface area contributed by atoms with Crippen molar-refractivity contribution in [3.05, 3.63) is 25.4 Å². The summed E-state index contributed by atoms with van der Waals surface area (Å²) in [5.74, 6) is -1.80.